The molecule has 1 saturated heterocycles. The van der Waals surface area contributed by atoms with Crippen LogP contribution < -0.4 is 10.6 Å². The van der Waals surface area contributed by atoms with Gasteiger partial charge in [-0.25, -0.2) is 0 Å². The zero-order valence-corrected chi connectivity index (χ0v) is 16.3. The maximum Gasteiger partial charge on any atom is 0.241 e. The van der Waals surface area contributed by atoms with Crippen LogP contribution in [0.4, 0.5) is 5.69 Å². The molecule has 1 saturated carbocycles. The van der Waals surface area contributed by atoms with E-state index in [9.17, 15) is 9.59 Å². The molecule has 2 N–H and O–H groups in total. The van der Waals surface area contributed by atoms with E-state index >= 15 is 0 Å². The Hall–Kier alpha value is -1.34. The lowest BCUT2D eigenvalue weighted by atomic mass is 10.2. The third-order valence-corrected chi connectivity index (χ3v) is 5.48. The molecule has 1 heterocycles. The second-order valence-electron chi connectivity index (χ2n) is 6.92. The predicted molar refractivity (Wildman–Crippen MR) is 104 cm³/mol. The summed E-state index contributed by atoms with van der Waals surface area (Å²) in [5, 5.41) is 6.67. The molecule has 0 aromatic heterocycles. The van der Waals surface area contributed by atoms with Gasteiger partial charge in [0, 0.05) is 32.2 Å². The number of amides is 2. The summed E-state index contributed by atoms with van der Waals surface area (Å²) in [5.41, 5.74) is 0.447. The van der Waals surface area contributed by atoms with Crippen LogP contribution in [0.1, 0.15) is 19.8 Å². The number of piperazine rings is 1. The third kappa shape index (κ3) is 5.10. The van der Waals surface area contributed by atoms with Gasteiger partial charge in [-0.2, -0.15) is 0 Å². The lowest BCUT2D eigenvalue weighted by Gasteiger charge is -2.37. The summed E-state index contributed by atoms with van der Waals surface area (Å²) in [4.78, 5) is 28.7. The van der Waals surface area contributed by atoms with Crippen molar-refractivity contribution in [1.29, 1.82) is 0 Å². The van der Waals surface area contributed by atoms with Crippen LogP contribution in [0.15, 0.2) is 18.2 Å². The number of hydrogen-bond donors (Lipinski definition) is 2. The van der Waals surface area contributed by atoms with Crippen LogP contribution in [0.2, 0.25) is 10.0 Å². The molecule has 3 rings (SSSR count). The number of rotatable bonds is 6. The van der Waals surface area contributed by atoms with Gasteiger partial charge in [-0.15, -0.1) is 0 Å². The standard InChI is InChI=1S/C18H24Cl2N4O2/c1-12(18(26)22-17-14(19)3-2-4-15(17)20)24-9-7-23(8-10-24)11-16(25)21-13-5-6-13/h2-4,12-13H,5-11H2,1H3,(H,21,25)(H,22,26). The summed E-state index contributed by atoms with van der Waals surface area (Å²) in [6.45, 7) is 5.31. The lowest BCUT2D eigenvalue weighted by molar-refractivity contribution is -0.124. The summed E-state index contributed by atoms with van der Waals surface area (Å²) in [7, 11) is 0. The minimum absolute atomic E-state index is 0.0973. The molecule has 1 atom stereocenters. The first kappa shape index (κ1) is 19.4. The minimum atomic E-state index is -0.301. The van der Waals surface area contributed by atoms with Gasteiger partial charge < -0.3 is 10.6 Å². The van der Waals surface area contributed by atoms with Crippen molar-refractivity contribution >= 4 is 40.7 Å². The molecular weight excluding hydrogens is 375 g/mol. The fraction of sp³-hybridized carbons (Fsp3) is 0.556. The Morgan fingerprint density at radius 2 is 1.77 bits per heavy atom. The van der Waals surface area contributed by atoms with E-state index in [0.717, 1.165) is 39.0 Å². The van der Waals surface area contributed by atoms with Crippen molar-refractivity contribution in [2.45, 2.75) is 31.8 Å². The van der Waals surface area contributed by atoms with Crippen molar-refractivity contribution in [2.24, 2.45) is 0 Å². The second-order valence-corrected chi connectivity index (χ2v) is 7.73. The van der Waals surface area contributed by atoms with Crippen molar-refractivity contribution < 1.29 is 9.59 Å². The molecular formula is C18H24Cl2N4O2. The maximum absolute atomic E-state index is 12.6. The van der Waals surface area contributed by atoms with Gasteiger partial charge in [0.2, 0.25) is 11.8 Å². The number of para-hydroxylation sites is 1. The largest absolute Gasteiger partial charge is 0.352 e. The molecule has 0 bridgehead atoms. The number of nitrogens with one attached hydrogen (secondary N) is 2. The highest BCUT2D eigenvalue weighted by Crippen LogP contribution is 2.30. The third-order valence-electron chi connectivity index (χ3n) is 4.85. The highest BCUT2D eigenvalue weighted by molar-refractivity contribution is 6.39. The number of halogens is 2. The Balaban J connectivity index is 1.47. The van der Waals surface area contributed by atoms with E-state index in [1.54, 1.807) is 18.2 Å². The zero-order valence-electron chi connectivity index (χ0n) is 14.8. The minimum Gasteiger partial charge on any atom is -0.352 e. The van der Waals surface area contributed by atoms with E-state index in [2.05, 4.69) is 20.4 Å². The SMILES string of the molecule is CC(C(=O)Nc1c(Cl)cccc1Cl)N1CCN(CC(=O)NC2CC2)CC1. The molecule has 2 amide bonds. The number of carbonyl (C=O) groups is 2. The topological polar surface area (TPSA) is 64.7 Å². The molecule has 1 aliphatic carbocycles. The summed E-state index contributed by atoms with van der Waals surface area (Å²) in [5.74, 6) is -0.0416. The van der Waals surface area contributed by atoms with Crippen LogP contribution in [0.3, 0.4) is 0 Å². The Morgan fingerprint density at radius 3 is 2.35 bits per heavy atom. The number of carbonyl (C=O) groups excluding carboxylic acids is 2. The van der Waals surface area contributed by atoms with Gasteiger partial charge in [0.15, 0.2) is 0 Å². The van der Waals surface area contributed by atoms with Gasteiger partial charge in [0.05, 0.1) is 28.3 Å². The highest BCUT2D eigenvalue weighted by Gasteiger charge is 2.28. The molecule has 1 unspecified atom stereocenters. The fourth-order valence-corrected chi connectivity index (χ4v) is 3.52. The van der Waals surface area contributed by atoms with Crippen LogP contribution in [0, 0.1) is 0 Å². The monoisotopic (exact) mass is 398 g/mol. The van der Waals surface area contributed by atoms with Crippen molar-refractivity contribution in [1.82, 2.24) is 15.1 Å². The Bertz CT molecular complexity index is 653. The van der Waals surface area contributed by atoms with E-state index in [4.69, 9.17) is 23.2 Å². The number of anilines is 1. The fourth-order valence-electron chi connectivity index (χ4n) is 3.02. The van der Waals surface area contributed by atoms with Gasteiger partial charge in [-0.3, -0.25) is 19.4 Å². The Labute approximate surface area is 163 Å². The van der Waals surface area contributed by atoms with Crippen molar-refractivity contribution in [3.8, 4) is 0 Å². The van der Waals surface area contributed by atoms with Gasteiger partial charge in [0.1, 0.15) is 0 Å². The molecule has 1 aromatic carbocycles. The Morgan fingerprint density at radius 1 is 1.15 bits per heavy atom. The molecule has 1 aromatic rings. The number of benzene rings is 1. The smallest absolute Gasteiger partial charge is 0.241 e. The first-order valence-electron chi connectivity index (χ1n) is 8.94. The molecule has 1 aliphatic heterocycles. The van der Waals surface area contributed by atoms with Crippen LogP contribution in [0.5, 0.6) is 0 Å². The molecule has 0 radical (unpaired) electrons. The van der Waals surface area contributed by atoms with Gasteiger partial charge in [-0.1, -0.05) is 29.3 Å². The van der Waals surface area contributed by atoms with Crippen LogP contribution in [-0.2, 0) is 9.59 Å². The zero-order chi connectivity index (χ0) is 18.7. The summed E-state index contributed by atoms with van der Waals surface area (Å²) in [6, 6.07) is 5.22. The summed E-state index contributed by atoms with van der Waals surface area (Å²) >= 11 is 12.2. The average Bonchev–Trinajstić information content (AvgIpc) is 3.42. The van der Waals surface area contributed by atoms with E-state index < -0.39 is 0 Å². The summed E-state index contributed by atoms with van der Waals surface area (Å²) < 4.78 is 0. The molecule has 142 valence electrons. The van der Waals surface area contributed by atoms with Gasteiger partial charge >= 0.3 is 0 Å². The van der Waals surface area contributed by atoms with E-state index in [1.165, 1.54) is 0 Å². The molecule has 2 fully saturated rings. The van der Waals surface area contributed by atoms with Crippen molar-refractivity contribution in [2.75, 3.05) is 38.0 Å². The lowest BCUT2D eigenvalue weighted by Crippen LogP contribution is -2.54. The molecule has 2 aliphatic rings. The normalized spacial score (nSPS) is 19.8. The number of hydrogen-bond acceptors (Lipinski definition) is 4. The predicted octanol–water partition coefficient (Wildman–Crippen LogP) is 2.22. The van der Waals surface area contributed by atoms with E-state index in [1.807, 2.05) is 6.92 Å². The van der Waals surface area contributed by atoms with E-state index in [-0.39, 0.29) is 17.9 Å². The highest BCUT2D eigenvalue weighted by atomic mass is 35.5. The first-order chi connectivity index (χ1) is 12.4. The van der Waals surface area contributed by atoms with Crippen molar-refractivity contribution in [3.05, 3.63) is 28.2 Å². The maximum atomic E-state index is 12.6. The van der Waals surface area contributed by atoms with Crippen LogP contribution >= 0.6 is 23.2 Å². The molecule has 8 heteroatoms. The van der Waals surface area contributed by atoms with Crippen LogP contribution in [0.25, 0.3) is 0 Å². The van der Waals surface area contributed by atoms with Crippen molar-refractivity contribution in [3.63, 3.8) is 0 Å². The first-order valence-corrected chi connectivity index (χ1v) is 9.70. The van der Waals surface area contributed by atoms with Gasteiger partial charge in [0.25, 0.3) is 0 Å². The molecule has 6 nitrogen and oxygen atoms in total. The van der Waals surface area contributed by atoms with E-state index in [0.29, 0.717) is 28.3 Å². The number of nitrogens with zero attached hydrogens (tertiary/aromatic N) is 2. The van der Waals surface area contributed by atoms with Crippen LogP contribution in [-0.4, -0.2) is 66.4 Å². The Kier molecular flexibility index (Phi) is 6.40. The quantitative estimate of drug-likeness (QED) is 0.770. The molecule has 0 spiro atoms. The summed E-state index contributed by atoms with van der Waals surface area (Å²) in [6.07, 6.45) is 2.20. The molecule has 26 heavy (non-hydrogen) atoms. The second kappa shape index (κ2) is 8.57. The van der Waals surface area contributed by atoms with Gasteiger partial charge in [-0.05, 0) is 31.9 Å². The average molecular weight is 399 g/mol.